The monoisotopic (exact) mass is 372 g/mol. The van der Waals surface area contributed by atoms with Crippen LogP contribution in [0.5, 0.6) is 0 Å². The molecule has 0 aliphatic carbocycles. The first-order chi connectivity index (χ1) is 12.2. The molecule has 1 aromatic carbocycles. The van der Waals surface area contributed by atoms with E-state index in [0.29, 0.717) is 10.9 Å². The number of nitrogens with zero attached hydrogens (tertiary/aromatic N) is 2. The van der Waals surface area contributed by atoms with Crippen LogP contribution in [-0.4, -0.2) is 26.8 Å². The van der Waals surface area contributed by atoms with Crippen molar-refractivity contribution < 1.29 is 4.79 Å². The zero-order valence-corrected chi connectivity index (χ0v) is 15.8. The average molecular weight is 373 g/mol. The SMILES string of the molecule is CCc1ccc(-c2nc(SCC(=O)N[C@H](C)c3cccs3)n[nH]2)cc1. The maximum Gasteiger partial charge on any atom is 0.230 e. The van der Waals surface area contributed by atoms with Crippen LogP contribution in [0.15, 0.2) is 46.9 Å². The van der Waals surface area contributed by atoms with Crippen LogP contribution >= 0.6 is 23.1 Å². The third-order valence-corrected chi connectivity index (χ3v) is 5.68. The number of amides is 1. The normalized spacial score (nSPS) is 12.1. The van der Waals surface area contributed by atoms with Gasteiger partial charge in [-0.15, -0.1) is 16.4 Å². The van der Waals surface area contributed by atoms with E-state index in [0.717, 1.165) is 22.7 Å². The molecule has 0 fully saturated rings. The van der Waals surface area contributed by atoms with Crippen molar-refractivity contribution in [2.45, 2.75) is 31.5 Å². The number of benzene rings is 1. The lowest BCUT2D eigenvalue weighted by Gasteiger charge is -2.11. The Morgan fingerprint density at radius 1 is 1.32 bits per heavy atom. The summed E-state index contributed by atoms with van der Waals surface area (Å²) in [5.41, 5.74) is 2.28. The summed E-state index contributed by atoms with van der Waals surface area (Å²) in [4.78, 5) is 17.7. The first-order valence-electron chi connectivity index (χ1n) is 8.13. The largest absolute Gasteiger partial charge is 0.348 e. The zero-order chi connectivity index (χ0) is 17.6. The number of aryl methyl sites for hydroxylation is 1. The minimum atomic E-state index is -0.0236. The molecule has 0 saturated heterocycles. The van der Waals surface area contributed by atoms with Crippen LogP contribution in [0.1, 0.15) is 30.3 Å². The Labute approximate surface area is 155 Å². The highest BCUT2D eigenvalue weighted by atomic mass is 32.2. The molecule has 0 spiro atoms. The maximum atomic E-state index is 12.1. The number of thioether (sulfide) groups is 1. The quantitative estimate of drug-likeness (QED) is 0.614. The van der Waals surface area contributed by atoms with Gasteiger partial charge < -0.3 is 5.32 Å². The lowest BCUT2D eigenvalue weighted by atomic mass is 10.1. The van der Waals surface area contributed by atoms with Gasteiger partial charge in [0.1, 0.15) is 0 Å². The zero-order valence-electron chi connectivity index (χ0n) is 14.2. The summed E-state index contributed by atoms with van der Waals surface area (Å²) in [7, 11) is 0. The van der Waals surface area contributed by atoms with Crippen LogP contribution in [0.3, 0.4) is 0 Å². The second-order valence-corrected chi connectivity index (χ2v) is 7.53. The first kappa shape index (κ1) is 17.7. The van der Waals surface area contributed by atoms with Crippen molar-refractivity contribution in [1.29, 1.82) is 0 Å². The molecule has 0 aliphatic rings. The maximum absolute atomic E-state index is 12.1. The van der Waals surface area contributed by atoms with Crippen molar-refractivity contribution in [3.05, 3.63) is 52.2 Å². The fourth-order valence-electron chi connectivity index (χ4n) is 2.36. The number of carbonyl (C=O) groups is 1. The molecule has 0 radical (unpaired) electrons. The summed E-state index contributed by atoms with van der Waals surface area (Å²) in [5, 5.41) is 12.7. The molecule has 1 atom stereocenters. The van der Waals surface area contributed by atoms with Gasteiger partial charge in [0.15, 0.2) is 5.82 Å². The minimum Gasteiger partial charge on any atom is -0.348 e. The van der Waals surface area contributed by atoms with Gasteiger partial charge in [0.05, 0.1) is 11.8 Å². The van der Waals surface area contributed by atoms with Crippen LogP contribution in [0.25, 0.3) is 11.4 Å². The van der Waals surface area contributed by atoms with E-state index in [4.69, 9.17) is 0 Å². The van der Waals surface area contributed by atoms with E-state index in [2.05, 4.69) is 39.6 Å². The molecule has 130 valence electrons. The van der Waals surface area contributed by atoms with Crippen LogP contribution < -0.4 is 5.32 Å². The molecule has 2 aromatic heterocycles. The summed E-state index contributed by atoms with van der Waals surface area (Å²) in [6.45, 7) is 4.11. The summed E-state index contributed by atoms with van der Waals surface area (Å²) in [5.74, 6) is 0.990. The number of hydrogen-bond acceptors (Lipinski definition) is 5. The van der Waals surface area contributed by atoms with Gasteiger partial charge in [0.2, 0.25) is 11.1 Å². The topological polar surface area (TPSA) is 70.7 Å². The van der Waals surface area contributed by atoms with Crippen molar-refractivity contribution in [1.82, 2.24) is 20.5 Å². The fourth-order valence-corrected chi connectivity index (χ4v) is 3.70. The van der Waals surface area contributed by atoms with Crippen molar-refractivity contribution in [2.24, 2.45) is 0 Å². The average Bonchev–Trinajstić information content (AvgIpc) is 3.32. The highest BCUT2D eigenvalue weighted by Gasteiger charge is 2.12. The second-order valence-electron chi connectivity index (χ2n) is 5.61. The summed E-state index contributed by atoms with van der Waals surface area (Å²) in [6.07, 6.45) is 1.01. The molecule has 5 nitrogen and oxygen atoms in total. The van der Waals surface area contributed by atoms with Crippen LogP contribution in [-0.2, 0) is 11.2 Å². The number of nitrogens with one attached hydrogen (secondary N) is 2. The molecule has 25 heavy (non-hydrogen) atoms. The molecule has 1 amide bonds. The fraction of sp³-hybridized carbons (Fsp3) is 0.278. The smallest absolute Gasteiger partial charge is 0.230 e. The molecular weight excluding hydrogens is 352 g/mol. The molecule has 7 heteroatoms. The molecule has 3 rings (SSSR count). The van der Waals surface area contributed by atoms with Crippen molar-refractivity contribution in [2.75, 3.05) is 5.75 Å². The highest BCUT2D eigenvalue weighted by molar-refractivity contribution is 7.99. The van der Waals surface area contributed by atoms with Crippen molar-refractivity contribution in [3.63, 3.8) is 0 Å². The van der Waals surface area contributed by atoms with Crippen LogP contribution in [0, 0.1) is 0 Å². The predicted molar refractivity (Wildman–Crippen MR) is 103 cm³/mol. The Bertz CT molecular complexity index is 812. The molecule has 2 heterocycles. The minimum absolute atomic E-state index is 0.0212. The van der Waals surface area contributed by atoms with Gasteiger partial charge >= 0.3 is 0 Å². The predicted octanol–water partition coefficient (Wildman–Crippen LogP) is 4.07. The van der Waals surface area contributed by atoms with Gasteiger partial charge in [-0.2, -0.15) is 0 Å². The lowest BCUT2D eigenvalue weighted by molar-refractivity contribution is -0.119. The molecular formula is C18H20N4OS2. The Hall–Kier alpha value is -2.12. The molecule has 3 aromatic rings. The Kier molecular flexibility index (Phi) is 5.88. The van der Waals surface area contributed by atoms with E-state index in [1.807, 2.05) is 36.6 Å². The standard InChI is InChI=1S/C18H20N4OS2/c1-3-13-6-8-14(9-7-13)17-20-18(22-21-17)25-11-16(23)19-12(2)15-5-4-10-24-15/h4-10,12H,3,11H2,1-2H3,(H,19,23)(H,20,21,22)/t12-/m1/s1. The van der Waals surface area contributed by atoms with E-state index < -0.39 is 0 Å². The first-order valence-corrected chi connectivity index (χ1v) is 9.99. The van der Waals surface area contributed by atoms with E-state index in [1.54, 1.807) is 11.3 Å². The summed E-state index contributed by atoms with van der Waals surface area (Å²) < 4.78 is 0. The van der Waals surface area contributed by atoms with Crippen molar-refractivity contribution >= 4 is 29.0 Å². The van der Waals surface area contributed by atoms with Crippen LogP contribution in [0.2, 0.25) is 0 Å². The number of thiophene rings is 1. The Morgan fingerprint density at radius 3 is 2.80 bits per heavy atom. The van der Waals surface area contributed by atoms with Gasteiger partial charge in [-0.25, -0.2) is 4.98 Å². The molecule has 0 unspecified atom stereocenters. The van der Waals surface area contributed by atoms with Gasteiger partial charge in [-0.3, -0.25) is 9.89 Å². The van der Waals surface area contributed by atoms with Gasteiger partial charge in [-0.1, -0.05) is 49.0 Å². The molecule has 2 N–H and O–H groups in total. The molecule has 0 aliphatic heterocycles. The van der Waals surface area contributed by atoms with Crippen molar-refractivity contribution in [3.8, 4) is 11.4 Å². The lowest BCUT2D eigenvalue weighted by Crippen LogP contribution is -2.27. The number of aromatic amines is 1. The van der Waals surface area contributed by atoms with E-state index in [1.165, 1.54) is 17.3 Å². The van der Waals surface area contributed by atoms with Gasteiger partial charge in [0, 0.05) is 10.4 Å². The highest BCUT2D eigenvalue weighted by Crippen LogP contribution is 2.21. The van der Waals surface area contributed by atoms with E-state index in [9.17, 15) is 4.79 Å². The number of H-pyrrole nitrogens is 1. The van der Waals surface area contributed by atoms with Gasteiger partial charge in [-0.05, 0) is 30.4 Å². The van der Waals surface area contributed by atoms with E-state index in [-0.39, 0.29) is 11.9 Å². The summed E-state index contributed by atoms with van der Waals surface area (Å²) >= 11 is 2.97. The number of carbonyl (C=O) groups excluding carboxylic acids is 1. The number of hydrogen-bond donors (Lipinski definition) is 2. The number of aromatic nitrogens is 3. The third kappa shape index (κ3) is 4.70. The Balaban J connectivity index is 1.53. The Morgan fingerprint density at radius 2 is 2.12 bits per heavy atom. The number of rotatable bonds is 7. The second kappa shape index (κ2) is 8.31. The van der Waals surface area contributed by atoms with Gasteiger partial charge in [0.25, 0.3) is 0 Å². The summed E-state index contributed by atoms with van der Waals surface area (Å²) in [6, 6.07) is 12.3. The van der Waals surface area contributed by atoms with Crippen LogP contribution in [0.4, 0.5) is 0 Å². The molecule has 0 saturated carbocycles. The molecule has 0 bridgehead atoms. The third-order valence-electron chi connectivity index (χ3n) is 3.78. The van der Waals surface area contributed by atoms with E-state index >= 15 is 0 Å².